The molecule has 0 aromatic carbocycles. The number of aromatic nitrogens is 6. The van der Waals surface area contributed by atoms with E-state index in [2.05, 4.69) is 41.0 Å². The monoisotopic (exact) mass is 1120 g/mol. The third-order valence-electron chi connectivity index (χ3n) is 11.5. The molecule has 0 bridgehead atoms. The maximum atomic E-state index is 12.9. The van der Waals surface area contributed by atoms with Crippen molar-refractivity contribution < 1.29 is 55.0 Å². The van der Waals surface area contributed by atoms with Gasteiger partial charge < -0.3 is 50.0 Å². The van der Waals surface area contributed by atoms with Gasteiger partial charge in [0.05, 0.1) is 72.7 Å². The highest BCUT2D eigenvalue weighted by atomic mass is 32.2. The van der Waals surface area contributed by atoms with Crippen LogP contribution in [0.15, 0.2) is 84.1 Å². The molecule has 76 heavy (non-hydrogen) atoms. The number of thiazole rings is 2. The van der Waals surface area contributed by atoms with E-state index in [0.29, 0.717) is 33.0 Å². The van der Waals surface area contributed by atoms with Crippen molar-refractivity contribution in [3.05, 3.63) is 95.2 Å². The van der Waals surface area contributed by atoms with Gasteiger partial charge in [-0.05, 0) is 64.1 Å². The Balaban J connectivity index is 0.000000221. The molecule has 28 heteroatoms. The average Bonchev–Trinajstić information content (AvgIpc) is 4.22. The van der Waals surface area contributed by atoms with Gasteiger partial charge in [-0.2, -0.15) is 0 Å². The largest absolute Gasteiger partial charge is 0.382 e. The number of methoxy groups -OCH3 is 2. The van der Waals surface area contributed by atoms with Gasteiger partial charge in [-0.3, -0.25) is 27.1 Å². The maximum Gasteiger partial charge on any atom is 0.253 e. The summed E-state index contributed by atoms with van der Waals surface area (Å²) in [6.07, 6.45) is 7.33. The Morgan fingerprint density at radius 3 is 1.29 bits per heavy atom. The zero-order valence-electron chi connectivity index (χ0n) is 42.9. The summed E-state index contributed by atoms with van der Waals surface area (Å²) in [7, 11) is -4.26. The molecular formula is C48H60N12O12S4. The fourth-order valence-corrected chi connectivity index (χ4v) is 10.7. The second kappa shape index (κ2) is 25.0. The van der Waals surface area contributed by atoms with Gasteiger partial charge in [0.15, 0.2) is 10.3 Å². The molecule has 6 aromatic heterocycles. The summed E-state index contributed by atoms with van der Waals surface area (Å²) in [5, 5.41) is 14.8. The zero-order valence-corrected chi connectivity index (χ0v) is 46.2. The van der Waals surface area contributed by atoms with Gasteiger partial charge in [0, 0.05) is 75.9 Å². The van der Waals surface area contributed by atoms with Gasteiger partial charge in [0.1, 0.15) is 35.1 Å². The number of pyridine rings is 2. The van der Waals surface area contributed by atoms with Crippen LogP contribution in [0.4, 0.5) is 21.9 Å². The van der Waals surface area contributed by atoms with Gasteiger partial charge in [-0.1, -0.05) is 12.1 Å². The number of nitrogens with zero attached hydrogens (tertiary/aromatic N) is 8. The fourth-order valence-electron chi connectivity index (χ4n) is 8.11. The minimum absolute atomic E-state index is 0.0934. The predicted molar refractivity (Wildman–Crippen MR) is 288 cm³/mol. The molecule has 2 fully saturated rings. The highest BCUT2D eigenvalue weighted by Crippen LogP contribution is 2.29. The number of amides is 4. The molecule has 408 valence electrons. The smallest absolute Gasteiger partial charge is 0.253 e. The molecule has 0 saturated carbocycles. The van der Waals surface area contributed by atoms with Gasteiger partial charge >= 0.3 is 0 Å². The standard InChI is InChI=1S/2C24H30N6O6S2/c2*1-15-10-29(11-16(2)36-15)21-7-5-6-18(25-21)20-14-37-24(27-20)28-23(32)19(13-35-3)26-22(31)17-8-9-30(12-17)38(4,33)34/h2*5-9,12,14-16,19H,10-11,13H2,1-4H3,(H,26,31)(H,27,28,32)/t2*15-,16+,19?. The summed E-state index contributed by atoms with van der Waals surface area (Å²) in [6, 6.07) is 12.1. The molecule has 6 atom stereocenters. The number of hydrogen-bond acceptors (Lipinski definition) is 20. The van der Waals surface area contributed by atoms with Crippen LogP contribution in [0.2, 0.25) is 0 Å². The van der Waals surface area contributed by atoms with Gasteiger partial charge in [-0.15, -0.1) is 22.7 Å². The number of carbonyl (C=O) groups is 4. The number of hydrogen-bond donors (Lipinski definition) is 4. The number of nitrogens with one attached hydrogen (secondary N) is 4. The average molecular weight is 1130 g/mol. The first kappa shape index (κ1) is 57.1. The lowest BCUT2D eigenvalue weighted by atomic mass is 10.2. The first-order valence-electron chi connectivity index (χ1n) is 23.7. The van der Waals surface area contributed by atoms with Crippen LogP contribution in [0.1, 0.15) is 48.4 Å². The van der Waals surface area contributed by atoms with Gasteiger partial charge in [0.2, 0.25) is 20.0 Å². The Kier molecular flexibility index (Phi) is 18.8. The summed E-state index contributed by atoms with van der Waals surface area (Å²) in [5.41, 5.74) is 2.74. The van der Waals surface area contributed by atoms with E-state index in [1.807, 2.05) is 64.1 Å². The Hall–Kier alpha value is -6.66. The van der Waals surface area contributed by atoms with E-state index >= 15 is 0 Å². The molecule has 0 aliphatic carbocycles. The second-order valence-electron chi connectivity index (χ2n) is 18.1. The summed E-state index contributed by atoms with van der Waals surface area (Å²) < 4.78 is 70.3. The van der Waals surface area contributed by atoms with Crippen molar-refractivity contribution >= 4 is 88.2 Å². The van der Waals surface area contributed by atoms with Crippen molar-refractivity contribution in [2.24, 2.45) is 0 Å². The molecule has 2 unspecified atom stereocenters. The summed E-state index contributed by atoms with van der Waals surface area (Å²) in [6.45, 7) is 10.9. The lowest BCUT2D eigenvalue weighted by Gasteiger charge is -2.36. The lowest BCUT2D eigenvalue weighted by molar-refractivity contribution is -0.119. The van der Waals surface area contributed by atoms with E-state index in [9.17, 15) is 36.0 Å². The summed E-state index contributed by atoms with van der Waals surface area (Å²) in [5.74, 6) is -0.621. The molecule has 0 spiro atoms. The second-order valence-corrected chi connectivity index (χ2v) is 23.6. The number of rotatable bonds is 18. The van der Waals surface area contributed by atoms with Crippen LogP contribution in [0, 0.1) is 0 Å². The molecule has 2 saturated heterocycles. The lowest BCUT2D eigenvalue weighted by Crippen LogP contribution is -2.46. The van der Waals surface area contributed by atoms with Crippen LogP contribution in [-0.2, 0) is 48.6 Å². The third-order valence-corrected chi connectivity index (χ3v) is 15.0. The van der Waals surface area contributed by atoms with Gasteiger partial charge in [0.25, 0.3) is 23.6 Å². The molecular weight excluding hydrogens is 1060 g/mol. The Labute approximate surface area is 448 Å². The predicted octanol–water partition coefficient (Wildman–Crippen LogP) is 3.62. The van der Waals surface area contributed by atoms with Crippen molar-refractivity contribution in [1.29, 1.82) is 0 Å². The minimum atomic E-state index is -3.53. The Morgan fingerprint density at radius 2 is 0.961 bits per heavy atom. The fraction of sp³-hybridized carbons (Fsp3) is 0.417. The van der Waals surface area contributed by atoms with Crippen molar-refractivity contribution in [2.75, 3.05) is 86.6 Å². The molecule has 24 nitrogen and oxygen atoms in total. The molecule has 8 rings (SSSR count). The number of morpholine rings is 2. The zero-order chi connectivity index (χ0) is 54.9. The van der Waals surface area contributed by atoms with Crippen LogP contribution in [0.5, 0.6) is 0 Å². The molecule has 2 aliphatic heterocycles. The number of carbonyl (C=O) groups excluding carboxylic acids is 4. The third kappa shape index (κ3) is 15.3. The van der Waals surface area contributed by atoms with E-state index in [1.54, 1.807) is 10.8 Å². The molecule has 0 radical (unpaired) electrons. The topological polar surface area (TPSA) is 290 Å². The Morgan fingerprint density at radius 1 is 0.592 bits per heavy atom. The quantitative estimate of drug-likeness (QED) is 0.0956. The number of anilines is 4. The van der Waals surface area contributed by atoms with Crippen molar-refractivity contribution in [2.45, 2.75) is 64.2 Å². The highest BCUT2D eigenvalue weighted by molar-refractivity contribution is 7.89. The minimum Gasteiger partial charge on any atom is -0.382 e. The van der Waals surface area contributed by atoms with Crippen molar-refractivity contribution in [3.63, 3.8) is 0 Å². The normalized spacial score (nSPS) is 18.7. The maximum absolute atomic E-state index is 12.9. The number of ether oxygens (including phenoxy) is 4. The van der Waals surface area contributed by atoms with Crippen LogP contribution in [0.25, 0.3) is 22.8 Å². The van der Waals surface area contributed by atoms with E-state index in [1.165, 1.54) is 73.8 Å². The first-order chi connectivity index (χ1) is 36.1. The van der Waals surface area contributed by atoms with Crippen LogP contribution < -0.4 is 31.1 Å². The first-order valence-corrected chi connectivity index (χ1v) is 29.2. The van der Waals surface area contributed by atoms with E-state index < -0.39 is 55.8 Å². The van der Waals surface area contributed by atoms with E-state index in [0.717, 1.165) is 58.3 Å². The summed E-state index contributed by atoms with van der Waals surface area (Å²) >= 11 is 2.46. The molecule has 4 N–H and O–H groups in total. The molecule has 6 aromatic rings. The van der Waals surface area contributed by atoms with Crippen molar-refractivity contribution in [1.82, 2.24) is 38.5 Å². The van der Waals surface area contributed by atoms with Crippen molar-refractivity contribution in [3.8, 4) is 22.8 Å². The van der Waals surface area contributed by atoms with Crippen LogP contribution >= 0.6 is 22.7 Å². The highest BCUT2D eigenvalue weighted by Gasteiger charge is 2.28. The van der Waals surface area contributed by atoms with Crippen LogP contribution in [-0.4, -0.2) is 171 Å². The molecule has 2 aliphatic rings. The summed E-state index contributed by atoms with van der Waals surface area (Å²) in [4.78, 5) is 74.0. The molecule has 4 amide bonds. The SMILES string of the molecule is COCC(NC(=O)c1ccn(S(C)(=O)=O)c1)C(=O)Nc1nc(-c2cccc(N3C[C@@H](C)O[C@@H](C)C3)n2)cs1.COCC(NC(=O)c1ccn(S(C)(=O)=O)c1)C(=O)Nc1nc(-c2cccc(N3C[C@@H](C)O[C@@H](C)C3)n2)cs1. The van der Waals surface area contributed by atoms with Gasteiger partial charge in [-0.25, -0.2) is 36.8 Å². The van der Waals surface area contributed by atoms with Crippen LogP contribution in [0.3, 0.4) is 0 Å². The van der Waals surface area contributed by atoms with E-state index in [4.69, 9.17) is 28.9 Å². The Bertz CT molecular complexity index is 3000. The van der Waals surface area contributed by atoms with E-state index in [-0.39, 0.29) is 48.8 Å². The molecule has 8 heterocycles.